The molecule has 2 aliphatic rings. The Hall–Kier alpha value is -2.56. The number of methoxy groups -OCH3 is 1. The quantitative estimate of drug-likeness (QED) is 0.425. The van der Waals surface area contributed by atoms with Crippen molar-refractivity contribution in [2.75, 3.05) is 13.7 Å². The fraction of sp³-hybridized carbons (Fsp3) is 0.538. The lowest BCUT2D eigenvalue weighted by Crippen LogP contribution is -2.20. The van der Waals surface area contributed by atoms with Gasteiger partial charge in [-0.05, 0) is 81.0 Å². The lowest BCUT2D eigenvalue weighted by molar-refractivity contribution is -0.144. The van der Waals surface area contributed by atoms with E-state index in [1.54, 1.807) is 7.11 Å². The van der Waals surface area contributed by atoms with Crippen molar-refractivity contribution in [1.29, 1.82) is 0 Å². The normalized spacial score (nSPS) is 22.0. The van der Waals surface area contributed by atoms with Crippen molar-refractivity contribution < 1.29 is 19.1 Å². The van der Waals surface area contributed by atoms with Crippen LogP contribution in [-0.2, 0) is 22.5 Å². The first kappa shape index (κ1) is 21.7. The van der Waals surface area contributed by atoms with Crippen LogP contribution in [0.25, 0.3) is 0 Å². The molecule has 2 bridgehead atoms. The Balaban J connectivity index is 1.30. The van der Waals surface area contributed by atoms with Crippen molar-refractivity contribution in [2.24, 2.45) is 17.8 Å². The number of hydrogen-bond acceptors (Lipinski definition) is 4. The van der Waals surface area contributed by atoms with Crippen molar-refractivity contribution in [3.8, 4) is 5.75 Å². The molecule has 2 aromatic rings. The molecule has 5 nitrogen and oxygen atoms in total. The number of Topliss-reactive ketones (excluding diaryl/α,β-unsaturated/α-hetero) is 1. The van der Waals surface area contributed by atoms with Crippen LogP contribution in [0.15, 0.2) is 30.3 Å². The average Bonchev–Trinajstić information content (AvgIpc) is 3.46. The molecule has 0 N–H and O–H groups in total. The number of ether oxygens (including phenoxy) is 2. The summed E-state index contributed by atoms with van der Waals surface area (Å²) in [6.45, 7) is 4.61. The Labute approximate surface area is 184 Å². The highest BCUT2D eigenvalue weighted by molar-refractivity contribution is 5.99. The number of carbonyl (C=O) groups excluding carboxylic acids is 2. The Morgan fingerprint density at radius 2 is 1.87 bits per heavy atom. The van der Waals surface area contributed by atoms with E-state index in [1.165, 1.54) is 24.8 Å². The van der Waals surface area contributed by atoms with Crippen molar-refractivity contribution in [1.82, 2.24) is 4.57 Å². The molecule has 3 atom stereocenters. The summed E-state index contributed by atoms with van der Waals surface area (Å²) < 4.78 is 12.7. The first-order chi connectivity index (χ1) is 14.9. The van der Waals surface area contributed by atoms with Gasteiger partial charge in [-0.2, -0.15) is 0 Å². The minimum Gasteiger partial charge on any atom is -0.497 e. The van der Waals surface area contributed by atoms with Crippen molar-refractivity contribution >= 4 is 11.8 Å². The van der Waals surface area contributed by atoms with Crippen LogP contribution in [0, 0.1) is 31.6 Å². The van der Waals surface area contributed by atoms with Crippen LogP contribution in [0.5, 0.6) is 5.75 Å². The number of ketones is 1. The maximum atomic E-state index is 12.7. The molecule has 4 rings (SSSR count). The molecule has 2 saturated carbocycles. The van der Waals surface area contributed by atoms with E-state index in [0.717, 1.165) is 42.4 Å². The van der Waals surface area contributed by atoms with Gasteiger partial charge in [0.2, 0.25) is 5.78 Å². The molecule has 0 saturated heterocycles. The van der Waals surface area contributed by atoms with Gasteiger partial charge in [0.1, 0.15) is 5.75 Å². The topological polar surface area (TPSA) is 57.5 Å². The van der Waals surface area contributed by atoms with Crippen LogP contribution in [0.2, 0.25) is 0 Å². The first-order valence-electron chi connectivity index (χ1n) is 11.4. The molecular weight excluding hydrogens is 390 g/mol. The van der Waals surface area contributed by atoms with Gasteiger partial charge in [0, 0.05) is 29.9 Å². The van der Waals surface area contributed by atoms with Gasteiger partial charge in [0.25, 0.3) is 0 Å². The van der Waals surface area contributed by atoms with Gasteiger partial charge in [-0.3, -0.25) is 9.59 Å². The molecule has 2 fully saturated rings. The van der Waals surface area contributed by atoms with Crippen molar-refractivity contribution in [3.05, 3.63) is 52.8 Å². The number of benzene rings is 1. The van der Waals surface area contributed by atoms with Crippen LogP contribution >= 0.6 is 0 Å². The number of aromatic nitrogens is 1. The van der Waals surface area contributed by atoms with Gasteiger partial charge in [0.15, 0.2) is 6.61 Å². The fourth-order valence-electron chi connectivity index (χ4n) is 5.58. The number of fused-ring (bicyclic) bond motifs is 2. The van der Waals surface area contributed by atoms with Gasteiger partial charge in [-0.1, -0.05) is 18.6 Å². The Morgan fingerprint density at radius 3 is 2.52 bits per heavy atom. The predicted molar refractivity (Wildman–Crippen MR) is 119 cm³/mol. The highest BCUT2D eigenvalue weighted by Crippen LogP contribution is 2.49. The molecule has 31 heavy (non-hydrogen) atoms. The number of carbonyl (C=O) groups is 2. The van der Waals surface area contributed by atoms with Gasteiger partial charge in [0.05, 0.1) is 7.11 Å². The van der Waals surface area contributed by atoms with E-state index in [-0.39, 0.29) is 18.4 Å². The summed E-state index contributed by atoms with van der Waals surface area (Å²) in [5, 5.41) is 0. The van der Waals surface area contributed by atoms with E-state index in [9.17, 15) is 9.59 Å². The van der Waals surface area contributed by atoms with E-state index < -0.39 is 0 Å². The number of nitrogens with zero attached hydrogens (tertiary/aromatic N) is 1. The van der Waals surface area contributed by atoms with E-state index in [2.05, 4.69) is 16.7 Å². The van der Waals surface area contributed by atoms with Crippen LogP contribution in [0.1, 0.15) is 59.4 Å². The first-order valence-corrected chi connectivity index (χ1v) is 11.4. The molecule has 1 aromatic carbocycles. The molecule has 0 unspecified atom stereocenters. The lowest BCUT2D eigenvalue weighted by atomic mass is 9.86. The van der Waals surface area contributed by atoms with E-state index in [0.29, 0.717) is 23.8 Å². The van der Waals surface area contributed by atoms with Crippen LogP contribution in [-0.4, -0.2) is 30.0 Å². The van der Waals surface area contributed by atoms with Crippen molar-refractivity contribution in [3.63, 3.8) is 0 Å². The summed E-state index contributed by atoms with van der Waals surface area (Å²) in [6, 6.07) is 9.97. The van der Waals surface area contributed by atoms with Gasteiger partial charge in [-0.25, -0.2) is 0 Å². The third-order valence-corrected chi connectivity index (χ3v) is 7.33. The highest BCUT2D eigenvalue weighted by Gasteiger charge is 2.40. The van der Waals surface area contributed by atoms with Gasteiger partial charge in [-0.15, -0.1) is 0 Å². The monoisotopic (exact) mass is 423 g/mol. The second-order valence-corrected chi connectivity index (χ2v) is 9.26. The molecule has 2 aliphatic carbocycles. The van der Waals surface area contributed by atoms with Crippen LogP contribution < -0.4 is 4.74 Å². The predicted octanol–water partition coefficient (Wildman–Crippen LogP) is 4.91. The summed E-state index contributed by atoms with van der Waals surface area (Å²) >= 11 is 0. The second-order valence-electron chi connectivity index (χ2n) is 9.26. The van der Waals surface area contributed by atoms with Crippen LogP contribution in [0.4, 0.5) is 0 Å². The molecule has 0 aliphatic heterocycles. The van der Waals surface area contributed by atoms with E-state index >= 15 is 0 Å². The Kier molecular flexibility index (Phi) is 6.49. The molecule has 5 heteroatoms. The van der Waals surface area contributed by atoms with E-state index in [4.69, 9.17) is 9.47 Å². The van der Waals surface area contributed by atoms with Gasteiger partial charge >= 0.3 is 5.97 Å². The maximum absolute atomic E-state index is 12.7. The molecule has 1 aromatic heterocycles. The summed E-state index contributed by atoms with van der Waals surface area (Å²) in [6.07, 6.45) is 6.34. The molecule has 0 amide bonds. The number of hydrogen-bond donors (Lipinski definition) is 0. The number of rotatable bonds is 9. The number of aryl methyl sites for hydroxylation is 2. The minimum atomic E-state index is -0.223. The zero-order valence-electron chi connectivity index (χ0n) is 18.9. The summed E-state index contributed by atoms with van der Waals surface area (Å²) in [5.74, 6) is 2.47. The third-order valence-electron chi connectivity index (χ3n) is 7.33. The number of esters is 1. The zero-order valence-corrected chi connectivity index (χ0v) is 18.9. The van der Waals surface area contributed by atoms with Crippen molar-refractivity contribution in [2.45, 2.75) is 58.9 Å². The van der Waals surface area contributed by atoms with Gasteiger partial charge < -0.3 is 14.0 Å². The molecule has 0 spiro atoms. The largest absolute Gasteiger partial charge is 0.497 e. The Morgan fingerprint density at radius 1 is 1.10 bits per heavy atom. The molecule has 1 heterocycles. The SMILES string of the molecule is COc1ccc(CCn2c(C)cc(C(=O)COC(=O)C[C@@H]3C[C@H]4CC[C@@H]3C4)c2C)cc1. The summed E-state index contributed by atoms with van der Waals surface area (Å²) in [7, 11) is 1.66. The molecule has 0 radical (unpaired) electrons. The third kappa shape index (κ3) is 4.86. The zero-order chi connectivity index (χ0) is 22.0. The average molecular weight is 424 g/mol. The minimum absolute atomic E-state index is 0.120. The smallest absolute Gasteiger partial charge is 0.306 e. The summed E-state index contributed by atoms with van der Waals surface area (Å²) in [5.41, 5.74) is 3.85. The fourth-order valence-corrected chi connectivity index (χ4v) is 5.58. The standard InChI is InChI=1S/C26H33NO4/c1-17-12-24(18(2)27(17)11-10-19-5-8-23(30-3)9-6-19)25(28)16-31-26(29)15-22-14-20-4-7-21(22)13-20/h5-6,8-9,12,20-22H,4,7,10-11,13-16H2,1-3H3/t20-,21+,22-/m0/s1. The highest BCUT2D eigenvalue weighted by atomic mass is 16.5. The lowest BCUT2D eigenvalue weighted by Gasteiger charge is -2.20. The maximum Gasteiger partial charge on any atom is 0.306 e. The van der Waals surface area contributed by atoms with Crippen LogP contribution in [0.3, 0.4) is 0 Å². The molecular formula is C26H33NO4. The summed E-state index contributed by atoms with van der Waals surface area (Å²) in [4.78, 5) is 25.0. The Bertz CT molecular complexity index is 943. The van der Waals surface area contributed by atoms with E-state index in [1.807, 2.05) is 32.0 Å². The molecule has 166 valence electrons. The second kappa shape index (κ2) is 9.29.